The molecule has 0 radical (unpaired) electrons. The first-order valence-corrected chi connectivity index (χ1v) is 13.9. The Balaban J connectivity index is 1.66. The zero-order valence-corrected chi connectivity index (χ0v) is 22.5. The average molecular weight is 487 g/mol. The van der Waals surface area contributed by atoms with Gasteiger partial charge in [0.1, 0.15) is 0 Å². The third-order valence-corrected chi connectivity index (χ3v) is 12.9. The van der Waals surface area contributed by atoms with Crippen molar-refractivity contribution in [1.29, 1.82) is 0 Å². The number of carbonyl (C=O) groups is 1. The molecule has 5 aliphatic carbocycles. The van der Waals surface area contributed by atoms with Crippen LogP contribution in [0.5, 0.6) is 0 Å². The highest BCUT2D eigenvalue weighted by Gasteiger charge is 2.69. The fourth-order valence-electron chi connectivity index (χ4n) is 10.4. The van der Waals surface area contributed by atoms with Gasteiger partial charge in [0.2, 0.25) is 0 Å². The molecule has 3 saturated carbocycles. The van der Waals surface area contributed by atoms with Gasteiger partial charge in [-0.05, 0) is 103 Å². The summed E-state index contributed by atoms with van der Waals surface area (Å²) in [5.41, 5.74) is 1.82. The zero-order chi connectivity index (χ0) is 25.8. The first-order chi connectivity index (χ1) is 16.2. The van der Waals surface area contributed by atoms with Crippen molar-refractivity contribution in [2.24, 2.45) is 44.8 Å². The number of aliphatic carboxylic acids is 1. The summed E-state index contributed by atoms with van der Waals surface area (Å²) in [4.78, 5) is 12.8. The molecule has 4 N–H and O–H groups in total. The molecular weight excluding hydrogens is 440 g/mol. The van der Waals surface area contributed by atoms with Gasteiger partial charge in [-0.3, -0.25) is 4.79 Å². The van der Waals surface area contributed by atoms with Crippen LogP contribution in [-0.2, 0) is 4.79 Å². The number of carboxylic acids is 1. The Hall–Kier alpha value is -1.17. The van der Waals surface area contributed by atoms with E-state index in [0.29, 0.717) is 24.7 Å². The Bertz CT molecular complexity index is 999. The van der Waals surface area contributed by atoms with Crippen LogP contribution < -0.4 is 0 Å². The van der Waals surface area contributed by atoms with Gasteiger partial charge < -0.3 is 20.4 Å². The molecule has 5 nitrogen and oxygen atoms in total. The minimum Gasteiger partial charge on any atom is -0.481 e. The van der Waals surface area contributed by atoms with E-state index in [9.17, 15) is 25.2 Å². The van der Waals surface area contributed by atoms with E-state index in [1.807, 2.05) is 6.92 Å². The molecule has 0 saturated heterocycles. The summed E-state index contributed by atoms with van der Waals surface area (Å²) < 4.78 is 0. The van der Waals surface area contributed by atoms with Gasteiger partial charge in [-0.1, -0.05) is 46.3 Å². The molecule has 0 aromatic rings. The minimum atomic E-state index is -0.914. The van der Waals surface area contributed by atoms with Gasteiger partial charge >= 0.3 is 5.97 Å². The van der Waals surface area contributed by atoms with Crippen LogP contribution in [0.2, 0.25) is 0 Å². The van der Waals surface area contributed by atoms with Gasteiger partial charge in [0.25, 0.3) is 0 Å². The maximum atomic E-state index is 12.8. The molecule has 0 unspecified atom stereocenters. The Morgan fingerprint density at radius 2 is 1.71 bits per heavy atom. The summed E-state index contributed by atoms with van der Waals surface area (Å²) in [5, 5.41) is 42.8. The van der Waals surface area contributed by atoms with Crippen molar-refractivity contribution in [3.63, 3.8) is 0 Å². The van der Waals surface area contributed by atoms with Gasteiger partial charge in [0.05, 0.1) is 24.2 Å². The topological polar surface area (TPSA) is 98.0 Å². The monoisotopic (exact) mass is 486 g/mol. The van der Waals surface area contributed by atoms with Gasteiger partial charge in [-0.15, -0.1) is 0 Å². The average Bonchev–Trinajstić information content (AvgIpc) is 2.80. The number of aliphatic hydroxyl groups is 3. The second-order valence-corrected chi connectivity index (χ2v) is 14.0. The van der Waals surface area contributed by atoms with Crippen LogP contribution in [0.4, 0.5) is 0 Å². The Morgan fingerprint density at radius 3 is 2.34 bits per heavy atom. The van der Waals surface area contributed by atoms with E-state index < -0.39 is 29.0 Å². The minimum absolute atomic E-state index is 0.0423. The Kier molecular flexibility index (Phi) is 5.59. The molecule has 5 rings (SSSR count). The van der Waals surface area contributed by atoms with Crippen LogP contribution in [-0.4, -0.2) is 45.2 Å². The van der Waals surface area contributed by atoms with Crippen LogP contribution in [0.3, 0.4) is 0 Å². The molecular formula is C30H46O5. The van der Waals surface area contributed by atoms with E-state index in [0.717, 1.165) is 44.1 Å². The summed E-state index contributed by atoms with van der Waals surface area (Å²) >= 11 is 0. The number of hydrogen-bond acceptors (Lipinski definition) is 4. The van der Waals surface area contributed by atoms with Crippen molar-refractivity contribution in [2.75, 3.05) is 6.61 Å². The van der Waals surface area contributed by atoms with Crippen LogP contribution in [0, 0.1) is 44.8 Å². The Morgan fingerprint density at radius 1 is 1.03 bits per heavy atom. The molecule has 0 aromatic carbocycles. The second kappa shape index (κ2) is 7.68. The van der Waals surface area contributed by atoms with Crippen molar-refractivity contribution in [1.82, 2.24) is 0 Å². The van der Waals surface area contributed by atoms with E-state index in [1.54, 1.807) is 0 Å². The smallest absolute Gasteiger partial charge is 0.314 e. The molecule has 10 atom stereocenters. The molecule has 35 heavy (non-hydrogen) atoms. The number of carboxylic acid groups (broad SMARTS) is 1. The molecule has 0 bridgehead atoms. The van der Waals surface area contributed by atoms with Crippen LogP contribution in [0.25, 0.3) is 0 Å². The highest BCUT2D eigenvalue weighted by atomic mass is 16.4. The first-order valence-electron chi connectivity index (χ1n) is 13.9. The molecule has 0 aliphatic heterocycles. The maximum Gasteiger partial charge on any atom is 0.314 e. The lowest BCUT2D eigenvalue weighted by Crippen LogP contribution is -2.67. The summed E-state index contributed by atoms with van der Waals surface area (Å²) in [6.45, 7) is 13.3. The molecule has 0 amide bonds. The van der Waals surface area contributed by atoms with Gasteiger partial charge in [-0.2, -0.15) is 0 Å². The van der Waals surface area contributed by atoms with E-state index in [4.69, 9.17) is 0 Å². The fourth-order valence-corrected chi connectivity index (χ4v) is 10.4. The molecule has 5 aliphatic rings. The van der Waals surface area contributed by atoms with Crippen LogP contribution >= 0.6 is 0 Å². The van der Waals surface area contributed by atoms with E-state index in [-0.39, 0.29) is 28.8 Å². The number of fused-ring (bicyclic) bond motifs is 7. The molecule has 0 aromatic heterocycles. The summed E-state index contributed by atoms with van der Waals surface area (Å²) in [6.07, 6.45) is 7.14. The molecule has 0 heterocycles. The first kappa shape index (κ1) is 25.5. The SMILES string of the molecule is CC1=C2C3=CC[C@@H]4[C@@]5(C)C[C@@H](O)[C@H](O)[C@@](C)(CO)[C@@H]5CC[C@@]4(C)[C@]3(C)CC[C@@]2(C(=O)O)CC[C@H]1C. The van der Waals surface area contributed by atoms with Crippen molar-refractivity contribution < 1.29 is 25.2 Å². The molecule has 196 valence electrons. The van der Waals surface area contributed by atoms with Gasteiger partial charge in [-0.25, -0.2) is 0 Å². The lowest BCUT2D eigenvalue weighted by molar-refractivity contribution is -0.240. The highest BCUT2D eigenvalue weighted by Crippen LogP contribution is 2.75. The molecule has 0 spiro atoms. The number of allylic oxidation sites excluding steroid dienone is 3. The standard InChI is InChI=1S/C30H46O5/c1-17-9-12-30(25(34)35)14-13-28(5)19(23(30)18(17)2)7-8-22-26(3)15-20(32)24(33)27(4,16-31)21(26)10-11-29(22,28)6/h7,17,20-22,24,31-33H,8-16H2,1-6H3,(H,34,35)/t17-,20-,21-,22-,24+,26+,27+,28-,29-,30+/m1/s1. The zero-order valence-electron chi connectivity index (χ0n) is 22.5. The lowest BCUT2D eigenvalue weighted by Gasteiger charge is -2.70. The predicted octanol–water partition coefficient (Wildman–Crippen LogP) is 5.10. The van der Waals surface area contributed by atoms with Crippen molar-refractivity contribution in [3.05, 3.63) is 22.8 Å². The molecule has 3 fully saturated rings. The quantitative estimate of drug-likeness (QED) is 0.435. The third kappa shape index (κ3) is 2.89. The fraction of sp³-hybridized carbons (Fsp3) is 0.833. The van der Waals surface area contributed by atoms with E-state index >= 15 is 0 Å². The maximum absolute atomic E-state index is 12.8. The van der Waals surface area contributed by atoms with Crippen LogP contribution in [0.1, 0.15) is 92.9 Å². The predicted molar refractivity (Wildman–Crippen MR) is 135 cm³/mol. The summed E-state index contributed by atoms with van der Waals surface area (Å²) in [7, 11) is 0. The molecule has 5 heteroatoms. The van der Waals surface area contributed by atoms with E-state index in [1.165, 1.54) is 11.1 Å². The van der Waals surface area contributed by atoms with Crippen molar-refractivity contribution in [3.8, 4) is 0 Å². The Labute approximate surface area is 210 Å². The van der Waals surface area contributed by atoms with Crippen LogP contribution in [0.15, 0.2) is 22.8 Å². The summed E-state index contributed by atoms with van der Waals surface area (Å²) in [6, 6.07) is 0. The number of rotatable bonds is 2. The number of aliphatic hydroxyl groups excluding tert-OH is 3. The second-order valence-electron chi connectivity index (χ2n) is 14.0. The number of hydrogen-bond donors (Lipinski definition) is 4. The van der Waals surface area contributed by atoms with Gasteiger partial charge in [0.15, 0.2) is 0 Å². The highest BCUT2D eigenvalue weighted by molar-refractivity contribution is 5.82. The normalized spacial score (nSPS) is 53.6. The van der Waals surface area contributed by atoms with Crippen molar-refractivity contribution in [2.45, 2.75) is 105 Å². The third-order valence-electron chi connectivity index (χ3n) is 12.9. The van der Waals surface area contributed by atoms with Gasteiger partial charge in [0, 0.05) is 5.41 Å². The van der Waals surface area contributed by atoms with Crippen molar-refractivity contribution >= 4 is 5.97 Å². The lowest BCUT2D eigenvalue weighted by atomic mass is 9.34. The summed E-state index contributed by atoms with van der Waals surface area (Å²) in [5.74, 6) is 0.176. The largest absolute Gasteiger partial charge is 0.481 e. The van der Waals surface area contributed by atoms with E-state index in [2.05, 4.69) is 40.7 Å².